The third-order valence-corrected chi connectivity index (χ3v) is 4.57. The van der Waals surface area contributed by atoms with E-state index in [4.69, 9.17) is 27.9 Å². The molecule has 0 fully saturated rings. The van der Waals surface area contributed by atoms with Gasteiger partial charge in [0.1, 0.15) is 5.69 Å². The van der Waals surface area contributed by atoms with Crippen LogP contribution in [0.1, 0.15) is 23.1 Å². The third kappa shape index (κ3) is 3.58. The van der Waals surface area contributed by atoms with Crippen LogP contribution < -0.4 is 0 Å². The normalized spacial score (nSPS) is 16.0. The lowest BCUT2D eigenvalue weighted by atomic mass is 10.1. The number of fused-ring (bicyclic) bond motifs is 1. The van der Waals surface area contributed by atoms with Crippen molar-refractivity contribution >= 4 is 41.1 Å². The van der Waals surface area contributed by atoms with Gasteiger partial charge in [-0.2, -0.15) is 18.3 Å². The van der Waals surface area contributed by atoms with E-state index in [-0.39, 0.29) is 22.4 Å². The van der Waals surface area contributed by atoms with Crippen LogP contribution in [0.4, 0.5) is 18.9 Å². The largest absolute Gasteiger partial charge is 0.460 e. The summed E-state index contributed by atoms with van der Waals surface area (Å²) in [6.07, 6.45) is -3.94. The van der Waals surface area contributed by atoms with E-state index in [1.54, 1.807) is 12.1 Å². The topological polar surface area (TPSA) is 69.4 Å². The molecule has 0 bridgehead atoms. The van der Waals surface area contributed by atoms with Gasteiger partial charge in [0.2, 0.25) is 5.90 Å². The molecule has 29 heavy (non-hydrogen) atoms. The van der Waals surface area contributed by atoms with Crippen LogP contribution in [0.2, 0.25) is 10.0 Å². The molecule has 0 N–H and O–H groups in total. The van der Waals surface area contributed by atoms with Gasteiger partial charge in [-0.05, 0) is 24.3 Å². The zero-order chi connectivity index (χ0) is 20.8. The minimum atomic E-state index is -4.73. The van der Waals surface area contributed by atoms with E-state index >= 15 is 0 Å². The standard InChI is InChI=1S/C18H9Cl2F3N4O2/c19-9-3-4-10-12(6-9)25-17(29-14(10)8-28)13-7-15(18(21,22)23)26-27(13)16-11(20)2-1-5-24-16/h1-8,14H. The molecule has 0 aliphatic carbocycles. The van der Waals surface area contributed by atoms with Gasteiger partial charge in [0, 0.05) is 22.8 Å². The Morgan fingerprint density at radius 1 is 1.17 bits per heavy atom. The number of hydrogen-bond acceptors (Lipinski definition) is 5. The molecule has 1 unspecified atom stereocenters. The van der Waals surface area contributed by atoms with Crippen LogP contribution in [0.3, 0.4) is 0 Å². The molecule has 6 nitrogen and oxygen atoms in total. The second-order valence-electron chi connectivity index (χ2n) is 5.93. The summed E-state index contributed by atoms with van der Waals surface area (Å²) in [5.74, 6) is -0.299. The first-order valence-electron chi connectivity index (χ1n) is 8.06. The summed E-state index contributed by atoms with van der Waals surface area (Å²) in [6, 6.07) is 8.33. The first-order valence-corrected chi connectivity index (χ1v) is 8.82. The molecule has 3 heterocycles. The molecule has 11 heteroatoms. The van der Waals surface area contributed by atoms with Crippen LogP contribution in [0.5, 0.6) is 0 Å². The maximum absolute atomic E-state index is 13.3. The van der Waals surface area contributed by atoms with E-state index in [2.05, 4.69) is 15.1 Å². The number of rotatable bonds is 3. The Hall–Kier alpha value is -2.91. The summed E-state index contributed by atoms with van der Waals surface area (Å²) in [7, 11) is 0. The number of benzene rings is 1. The summed E-state index contributed by atoms with van der Waals surface area (Å²) >= 11 is 12.1. The predicted octanol–water partition coefficient (Wildman–Crippen LogP) is 4.94. The smallest absolute Gasteiger partial charge is 0.435 e. The highest BCUT2D eigenvalue weighted by Crippen LogP contribution is 2.37. The van der Waals surface area contributed by atoms with Crippen molar-refractivity contribution in [2.75, 3.05) is 0 Å². The number of nitrogens with zero attached hydrogens (tertiary/aromatic N) is 4. The monoisotopic (exact) mass is 440 g/mol. The van der Waals surface area contributed by atoms with Crippen LogP contribution in [0, 0.1) is 0 Å². The molecule has 0 spiro atoms. The number of aliphatic imine (C=N–C) groups is 1. The van der Waals surface area contributed by atoms with E-state index in [1.165, 1.54) is 24.4 Å². The Balaban J connectivity index is 1.94. The van der Waals surface area contributed by atoms with E-state index < -0.39 is 18.0 Å². The Kier molecular flexibility index (Phi) is 4.79. The van der Waals surface area contributed by atoms with Crippen molar-refractivity contribution in [3.63, 3.8) is 0 Å². The van der Waals surface area contributed by atoms with E-state index in [0.717, 1.165) is 10.7 Å². The van der Waals surface area contributed by atoms with Crippen LogP contribution in [0.15, 0.2) is 47.6 Å². The Labute approximate surface area is 171 Å². The number of ether oxygens (including phenoxy) is 1. The van der Waals surface area contributed by atoms with Crippen LogP contribution in [0.25, 0.3) is 5.82 Å². The SMILES string of the molecule is O=CC1OC(c2cc(C(F)(F)F)nn2-c2ncccc2Cl)=Nc2cc(Cl)ccc21. The fraction of sp³-hybridized carbons (Fsp3) is 0.111. The fourth-order valence-corrected chi connectivity index (χ4v) is 3.13. The molecule has 3 aromatic rings. The zero-order valence-corrected chi connectivity index (χ0v) is 15.7. The van der Waals surface area contributed by atoms with Crippen molar-refractivity contribution in [1.82, 2.24) is 14.8 Å². The molecule has 2 aromatic heterocycles. The fourth-order valence-electron chi connectivity index (χ4n) is 2.76. The average Bonchev–Trinajstić information content (AvgIpc) is 3.12. The number of aldehydes is 1. The maximum atomic E-state index is 13.3. The van der Waals surface area contributed by atoms with Gasteiger partial charge in [0.15, 0.2) is 23.9 Å². The molecule has 1 aliphatic heterocycles. The lowest BCUT2D eigenvalue weighted by Gasteiger charge is -2.22. The van der Waals surface area contributed by atoms with E-state index in [0.29, 0.717) is 22.6 Å². The molecule has 0 amide bonds. The lowest BCUT2D eigenvalue weighted by Crippen LogP contribution is -2.21. The van der Waals surface area contributed by atoms with Crippen LogP contribution >= 0.6 is 23.2 Å². The number of aromatic nitrogens is 3. The Bertz CT molecular complexity index is 1140. The number of alkyl halides is 3. The average molecular weight is 441 g/mol. The lowest BCUT2D eigenvalue weighted by molar-refractivity contribution is -0.141. The second-order valence-corrected chi connectivity index (χ2v) is 6.77. The second kappa shape index (κ2) is 7.16. The van der Waals surface area contributed by atoms with Crippen molar-refractivity contribution in [3.05, 3.63) is 69.6 Å². The molecule has 1 aromatic carbocycles. The Morgan fingerprint density at radius 2 is 1.97 bits per heavy atom. The number of pyridine rings is 1. The first-order chi connectivity index (χ1) is 13.8. The van der Waals surface area contributed by atoms with Gasteiger partial charge in [-0.1, -0.05) is 29.3 Å². The van der Waals surface area contributed by atoms with Crippen LogP contribution in [-0.4, -0.2) is 26.9 Å². The van der Waals surface area contributed by atoms with Crippen molar-refractivity contribution < 1.29 is 22.7 Å². The maximum Gasteiger partial charge on any atom is 0.435 e. The highest BCUT2D eigenvalue weighted by atomic mass is 35.5. The zero-order valence-electron chi connectivity index (χ0n) is 14.2. The summed E-state index contributed by atoms with van der Waals surface area (Å²) in [5, 5.41) is 3.99. The van der Waals surface area contributed by atoms with Gasteiger partial charge in [-0.15, -0.1) is 0 Å². The summed E-state index contributed by atoms with van der Waals surface area (Å²) in [6.45, 7) is 0. The van der Waals surface area contributed by atoms with Gasteiger partial charge < -0.3 is 4.74 Å². The quantitative estimate of drug-likeness (QED) is 0.540. The van der Waals surface area contributed by atoms with Gasteiger partial charge in [0.05, 0.1) is 10.7 Å². The minimum Gasteiger partial charge on any atom is -0.460 e. The highest BCUT2D eigenvalue weighted by molar-refractivity contribution is 6.32. The van der Waals surface area contributed by atoms with Crippen molar-refractivity contribution in [1.29, 1.82) is 0 Å². The molecule has 0 saturated heterocycles. The first kappa shape index (κ1) is 19.4. The summed E-state index contributed by atoms with van der Waals surface area (Å²) in [5.41, 5.74) is -0.633. The molecule has 1 aliphatic rings. The van der Waals surface area contributed by atoms with Crippen molar-refractivity contribution in [2.45, 2.75) is 12.3 Å². The van der Waals surface area contributed by atoms with Crippen molar-refractivity contribution in [3.8, 4) is 5.82 Å². The molecular weight excluding hydrogens is 432 g/mol. The molecule has 148 valence electrons. The number of halogens is 5. The highest BCUT2D eigenvalue weighted by Gasteiger charge is 2.37. The summed E-state index contributed by atoms with van der Waals surface area (Å²) in [4.78, 5) is 19.7. The van der Waals surface area contributed by atoms with Gasteiger partial charge in [-0.3, -0.25) is 4.79 Å². The van der Waals surface area contributed by atoms with Gasteiger partial charge in [-0.25, -0.2) is 14.7 Å². The Morgan fingerprint density at radius 3 is 2.66 bits per heavy atom. The van der Waals surface area contributed by atoms with E-state index in [1.807, 2.05) is 0 Å². The third-order valence-electron chi connectivity index (χ3n) is 4.04. The predicted molar refractivity (Wildman–Crippen MR) is 98.9 cm³/mol. The number of hydrogen-bond donors (Lipinski definition) is 0. The van der Waals surface area contributed by atoms with Crippen LogP contribution in [-0.2, 0) is 15.7 Å². The minimum absolute atomic E-state index is 0.0505. The van der Waals surface area contributed by atoms with E-state index in [9.17, 15) is 18.0 Å². The molecule has 4 rings (SSSR count). The van der Waals surface area contributed by atoms with Gasteiger partial charge >= 0.3 is 6.18 Å². The molecule has 0 saturated carbocycles. The number of carbonyl (C=O) groups excluding carboxylic acids is 1. The summed E-state index contributed by atoms with van der Waals surface area (Å²) < 4.78 is 46.4. The molecule has 0 radical (unpaired) electrons. The van der Waals surface area contributed by atoms with Gasteiger partial charge in [0.25, 0.3) is 0 Å². The number of carbonyl (C=O) groups is 1. The molecule has 1 atom stereocenters. The van der Waals surface area contributed by atoms with Crippen molar-refractivity contribution in [2.24, 2.45) is 4.99 Å². The molecular formula is C18H9Cl2F3N4O2.